The fourth-order valence-corrected chi connectivity index (χ4v) is 5.45. The van der Waals surface area contributed by atoms with E-state index in [0.29, 0.717) is 4.77 Å². The van der Waals surface area contributed by atoms with Gasteiger partial charge in [-0.1, -0.05) is 46.0 Å². The van der Waals surface area contributed by atoms with E-state index in [1.807, 2.05) is 0 Å². The molecular formula is C19H28N2OS2. The Kier molecular flexibility index (Phi) is 5.93. The summed E-state index contributed by atoms with van der Waals surface area (Å²) in [6.07, 6.45) is 10.7. The van der Waals surface area contributed by atoms with Gasteiger partial charge in [-0.25, -0.2) is 0 Å². The van der Waals surface area contributed by atoms with Gasteiger partial charge in [0.2, 0.25) is 0 Å². The minimum absolute atomic E-state index is 0.134. The van der Waals surface area contributed by atoms with Crippen molar-refractivity contribution >= 4 is 33.8 Å². The SMILES string of the molecule is CCCCCCCCn1c(=S)[nH]c2sc3c(c2c1=O)CC[C@@H](C)C3. The van der Waals surface area contributed by atoms with Crippen molar-refractivity contribution in [3.8, 4) is 0 Å². The quantitative estimate of drug-likeness (QED) is 0.512. The number of aromatic amines is 1. The first kappa shape index (κ1) is 17.9. The van der Waals surface area contributed by atoms with Crippen LogP contribution in [0, 0.1) is 10.7 Å². The van der Waals surface area contributed by atoms with Gasteiger partial charge in [0.15, 0.2) is 4.77 Å². The molecule has 5 heteroatoms. The van der Waals surface area contributed by atoms with Crippen LogP contribution in [0.2, 0.25) is 0 Å². The van der Waals surface area contributed by atoms with Crippen LogP contribution in [-0.4, -0.2) is 9.55 Å². The lowest BCUT2D eigenvalue weighted by Gasteiger charge is -2.17. The third-order valence-corrected chi connectivity index (χ3v) is 6.66. The molecule has 1 aliphatic rings. The van der Waals surface area contributed by atoms with Gasteiger partial charge in [-0.05, 0) is 49.4 Å². The van der Waals surface area contributed by atoms with Crippen molar-refractivity contribution in [3.05, 3.63) is 25.6 Å². The second-order valence-electron chi connectivity index (χ2n) is 7.21. The van der Waals surface area contributed by atoms with Gasteiger partial charge < -0.3 is 4.98 Å². The van der Waals surface area contributed by atoms with Gasteiger partial charge in [0.05, 0.1) is 5.39 Å². The molecule has 0 aliphatic heterocycles. The maximum Gasteiger partial charge on any atom is 0.263 e. The van der Waals surface area contributed by atoms with Crippen molar-refractivity contribution in [3.63, 3.8) is 0 Å². The summed E-state index contributed by atoms with van der Waals surface area (Å²) >= 11 is 7.21. The van der Waals surface area contributed by atoms with Gasteiger partial charge in [0.1, 0.15) is 4.83 Å². The molecule has 2 heterocycles. The lowest BCUT2D eigenvalue weighted by molar-refractivity contribution is 0.508. The van der Waals surface area contributed by atoms with Gasteiger partial charge in [-0.3, -0.25) is 9.36 Å². The van der Waals surface area contributed by atoms with E-state index in [0.717, 1.165) is 41.9 Å². The van der Waals surface area contributed by atoms with Crippen molar-refractivity contribution in [2.45, 2.75) is 78.2 Å². The van der Waals surface area contributed by atoms with Gasteiger partial charge >= 0.3 is 0 Å². The standard InChI is InChI=1S/C19H28N2OS2/c1-3-4-5-6-7-8-11-21-18(22)16-14-10-9-13(2)12-15(14)24-17(16)20-19(21)23/h13H,3-12H2,1-2H3,(H,20,23)/t13-/m1/s1. The van der Waals surface area contributed by atoms with Crippen LogP contribution in [0.3, 0.4) is 0 Å². The Morgan fingerprint density at radius 3 is 2.79 bits per heavy atom. The first-order valence-corrected chi connectivity index (χ1v) is 10.6. The number of aromatic nitrogens is 2. The molecule has 132 valence electrons. The first-order valence-electron chi connectivity index (χ1n) is 9.39. The molecule has 0 bridgehead atoms. The third-order valence-electron chi connectivity index (χ3n) is 5.17. The molecule has 0 amide bonds. The van der Waals surface area contributed by atoms with Crippen LogP contribution in [0.4, 0.5) is 0 Å². The van der Waals surface area contributed by atoms with Crippen LogP contribution in [0.15, 0.2) is 4.79 Å². The minimum atomic E-state index is 0.134. The third kappa shape index (κ3) is 3.67. The predicted octanol–water partition coefficient (Wildman–Crippen LogP) is 5.61. The summed E-state index contributed by atoms with van der Waals surface area (Å²) in [6.45, 7) is 5.28. The number of aryl methyl sites for hydroxylation is 1. The second-order valence-corrected chi connectivity index (χ2v) is 8.70. The molecule has 0 saturated heterocycles. The zero-order chi connectivity index (χ0) is 17.1. The zero-order valence-electron chi connectivity index (χ0n) is 14.8. The predicted molar refractivity (Wildman–Crippen MR) is 106 cm³/mol. The van der Waals surface area contributed by atoms with Crippen LogP contribution >= 0.6 is 23.6 Å². The van der Waals surface area contributed by atoms with E-state index in [1.54, 1.807) is 15.9 Å². The van der Waals surface area contributed by atoms with Crippen molar-refractivity contribution < 1.29 is 0 Å². The molecule has 1 N–H and O–H groups in total. The summed E-state index contributed by atoms with van der Waals surface area (Å²) in [5.41, 5.74) is 1.43. The van der Waals surface area contributed by atoms with Crippen molar-refractivity contribution in [1.82, 2.24) is 9.55 Å². The molecular weight excluding hydrogens is 336 g/mol. The molecule has 3 nitrogen and oxygen atoms in total. The van der Waals surface area contributed by atoms with Gasteiger partial charge in [0, 0.05) is 11.4 Å². The van der Waals surface area contributed by atoms with Crippen LogP contribution in [0.1, 0.15) is 69.2 Å². The average Bonchev–Trinajstić information content (AvgIpc) is 2.90. The monoisotopic (exact) mass is 364 g/mol. The maximum absolute atomic E-state index is 13.0. The van der Waals surface area contributed by atoms with E-state index in [2.05, 4.69) is 18.8 Å². The molecule has 2 aromatic rings. The Balaban J connectivity index is 1.82. The van der Waals surface area contributed by atoms with E-state index in [4.69, 9.17) is 12.2 Å². The van der Waals surface area contributed by atoms with E-state index in [1.165, 1.54) is 49.0 Å². The van der Waals surface area contributed by atoms with Crippen molar-refractivity contribution in [1.29, 1.82) is 0 Å². The fraction of sp³-hybridized carbons (Fsp3) is 0.684. The summed E-state index contributed by atoms with van der Waals surface area (Å²) in [5.74, 6) is 0.721. The Bertz CT molecular complexity index is 815. The van der Waals surface area contributed by atoms with Crippen LogP contribution in [-0.2, 0) is 19.4 Å². The maximum atomic E-state index is 13.0. The van der Waals surface area contributed by atoms with E-state index in [-0.39, 0.29) is 5.56 Å². The molecule has 1 atom stereocenters. The highest BCUT2D eigenvalue weighted by Gasteiger charge is 2.23. The number of hydrogen-bond acceptors (Lipinski definition) is 3. The number of fused-ring (bicyclic) bond motifs is 3. The molecule has 0 spiro atoms. The lowest BCUT2D eigenvalue weighted by atomic mass is 9.89. The average molecular weight is 365 g/mol. The van der Waals surface area contributed by atoms with E-state index in [9.17, 15) is 4.79 Å². The van der Waals surface area contributed by atoms with Gasteiger partial charge in [0.25, 0.3) is 5.56 Å². The molecule has 0 saturated carbocycles. The number of nitrogens with one attached hydrogen (secondary N) is 1. The number of nitrogens with zero attached hydrogens (tertiary/aromatic N) is 1. The Labute approximate surface area is 153 Å². The largest absolute Gasteiger partial charge is 0.323 e. The summed E-state index contributed by atoms with van der Waals surface area (Å²) in [4.78, 5) is 18.7. The lowest BCUT2D eigenvalue weighted by Crippen LogP contribution is -2.23. The highest BCUT2D eigenvalue weighted by Crippen LogP contribution is 2.35. The molecule has 2 aromatic heterocycles. The fourth-order valence-electron chi connectivity index (χ4n) is 3.71. The number of H-pyrrole nitrogens is 1. The van der Waals surface area contributed by atoms with E-state index < -0.39 is 0 Å². The number of hydrogen-bond donors (Lipinski definition) is 1. The zero-order valence-corrected chi connectivity index (χ0v) is 16.5. The highest BCUT2D eigenvalue weighted by atomic mass is 32.1. The molecule has 0 radical (unpaired) electrons. The van der Waals surface area contributed by atoms with Crippen LogP contribution in [0.25, 0.3) is 10.2 Å². The minimum Gasteiger partial charge on any atom is -0.323 e. The summed E-state index contributed by atoms with van der Waals surface area (Å²) in [6, 6.07) is 0. The normalized spacial score (nSPS) is 17.3. The van der Waals surface area contributed by atoms with Crippen molar-refractivity contribution in [2.75, 3.05) is 0 Å². The summed E-state index contributed by atoms with van der Waals surface area (Å²) < 4.78 is 2.38. The van der Waals surface area contributed by atoms with Crippen molar-refractivity contribution in [2.24, 2.45) is 5.92 Å². The Hall–Kier alpha value is -0.940. The molecule has 0 fully saturated rings. The molecule has 24 heavy (non-hydrogen) atoms. The number of rotatable bonds is 7. The molecule has 0 aromatic carbocycles. The summed E-state index contributed by atoms with van der Waals surface area (Å²) in [5, 5.41) is 0.918. The number of thiophene rings is 1. The molecule has 3 rings (SSSR count). The Morgan fingerprint density at radius 1 is 1.25 bits per heavy atom. The van der Waals surface area contributed by atoms with E-state index >= 15 is 0 Å². The van der Waals surface area contributed by atoms with Crippen LogP contribution < -0.4 is 5.56 Å². The van der Waals surface area contributed by atoms with Gasteiger partial charge in [-0.2, -0.15) is 0 Å². The van der Waals surface area contributed by atoms with Gasteiger partial charge in [-0.15, -0.1) is 11.3 Å². The second kappa shape index (κ2) is 7.96. The topological polar surface area (TPSA) is 37.8 Å². The summed E-state index contributed by atoms with van der Waals surface area (Å²) in [7, 11) is 0. The smallest absolute Gasteiger partial charge is 0.263 e. The Morgan fingerprint density at radius 2 is 2.00 bits per heavy atom. The van der Waals surface area contributed by atoms with Crippen LogP contribution in [0.5, 0.6) is 0 Å². The molecule has 0 unspecified atom stereocenters. The number of unbranched alkanes of at least 4 members (excludes halogenated alkanes) is 5. The molecule has 1 aliphatic carbocycles. The first-order chi connectivity index (χ1) is 11.6. The highest BCUT2D eigenvalue weighted by molar-refractivity contribution is 7.71.